The van der Waals surface area contributed by atoms with Crippen molar-refractivity contribution in [1.82, 2.24) is 9.97 Å². The van der Waals surface area contributed by atoms with Gasteiger partial charge in [0.25, 0.3) is 5.91 Å². The van der Waals surface area contributed by atoms with Crippen LogP contribution in [-0.4, -0.2) is 21.9 Å². The highest BCUT2D eigenvalue weighted by Gasteiger charge is 2.14. The summed E-state index contributed by atoms with van der Waals surface area (Å²) in [6.45, 7) is 0. The molecule has 0 saturated heterocycles. The monoisotopic (exact) mass is 374 g/mol. The molecule has 6 heteroatoms. The van der Waals surface area contributed by atoms with Gasteiger partial charge >= 0.3 is 0 Å². The highest BCUT2D eigenvalue weighted by molar-refractivity contribution is 9.10. The Morgan fingerprint density at radius 2 is 1.78 bits per heavy atom. The lowest BCUT2D eigenvalue weighted by atomic mass is 9.96. The van der Waals surface area contributed by atoms with Crippen molar-refractivity contribution in [2.75, 3.05) is 10.6 Å². The van der Waals surface area contributed by atoms with Crippen LogP contribution in [0.1, 0.15) is 42.6 Å². The molecule has 120 valence electrons. The summed E-state index contributed by atoms with van der Waals surface area (Å²) in [6, 6.07) is 7.88. The van der Waals surface area contributed by atoms with Crippen molar-refractivity contribution >= 4 is 33.3 Å². The van der Waals surface area contributed by atoms with Crippen molar-refractivity contribution in [3.63, 3.8) is 0 Å². The summed E-state index contributed by atoms with van der Waals surface area (Å²) in [4.78, 5) is 20.7. The average molecular weight is 375 g/mol. The van der Waals surface area contributed by atoms with Gasteiger partial charge in [-0.25, -0.2) is 9.97 Å². The molecule has 1 saturated carbocycles. The maximum atomic E-state index is 12.2. The van der Waals surface area contributed by atoms with E-state index in [1.807, 2.05) is 24.3 Å². The second kappa shape index (κ2) is 7.55. The van der Waals surface area contributed by atoms with Gasteiger partial charge in [0.05, 0.1) is 12.4 Å². The standard InChI is InChI=1S/C17H19BrN4O/c18-12-6-8-14(9-7-12)22-17(23)15-10-20-16(11-19-15)21-13-4-2-1-3-5-13/h6-11,13H,1-5H2,(H,20,21)(H,22,23). The Balaban J connectivity index is 1.59. The zero-order chi connectivity index (χ0) is 16.1. The minimum atomic E-state index is -0.260. The topological polar surface area (TPSA) is 66.9 Å². The molecule has 0 unspecified atom stereocenters. The fourth-order valence-electron chi connectivity index (χ4n) is 2.70. The van der Waals surface area contributed by atoms with Crippen molar-refractivity contribution in [2.24, 2.45) is 0 Å². The van der Waals surface area contributed by atoms with Crippen LogP contribution in [0.2, 0.25) is 0 Å². The number of nitrogens with zero attached hydrogens (tertiary/aromatic N) is 2. The van der Waals surface area contributed by atoms with E-state index in [1.165, 1.54) is 38.3 Å². The molecule has 0 spiro atoms. The molecular weight excluding hydrogens is 356 g/mol. The molecule has 5 nitrogen and oxygen atoms in total. The number of anilines is 2. The SMILES string of the molecule is O=C(Nc1ccc(Br)cc1)c1cnc(NC2CCCCC2)cn1. The molecule has 3 rings (SSSR count). The van der Waals surface area contributed by atoms with Crippen molar-refractivity contribution in [3.05, 3.63) is 46.8 Å². The first-order valence-electron chi connectivity index (χ1n) is 7.86. The molecule has 1 fully saturated rings. The van der Waals surface area contributed by atoms with Gasteiger partial charge in [0.15, 0.2) is 0 Å². The van der Waals surface area contributed by atoms with E-state index in [2.05, 4.69) is 36.5 Å². The second-order valence-corrected chi connectivity index (χ2v) is 6.64. The number of nitrogens with one attached hydrogen (secondary N) is 2. The Morgan fingerprint density at radius 3 is 2.43 bits per heavy atom. The van der Waals surface area contributed by atoms with Gasteiger partial charge in [-0.3, -0.25) is 4.79 Å². The normalized spacial score (nSPS) is 15.2. The number of rotatable bonds is 4. The van der Waals surface area contributed by atoms with Gasteiger partial charge in [-0.1, -0.05) is 35.2 Å². The van der Waals surface area contributed by atoms with Gasteiger partial charge in [-0.2, -0.15) is 0 Å². The lowest BCUT2D eigenvalue weighted by molar-refractivity contribution is 0.102. The van der Waals surface area contributed by atoms with Crippen LogP contribution in [0.15, 0.2) is 41.1 Å². The van der Waals surface area contributed by atoms with Crippen LogP contribution < -0.4 is 10.6 Å². The molecule has 2 aromatic rings. The van der Waals surface area contributed by atoms with Crippen LogP contribution >= 0.6 is 15.9 Å². The summed E-state index contributed by atoms with van der Waals surface area (Å²) >= 11 is 3.36. The van der Waals surface area contributed by atoms with Gasteiger partial charge in [0.1, 0.15) is 11.5 Å². The molecule has 1 aliphatic rings. The summed E-state index contributed by atoms with van der Waals surface area (Å²) in [5.74, 6) is 0.473. The molecule has 0 atom stereocenters. The summed E-state index contributed by atoms with van der Waals surface area (Å²) < 4.78 is 0.966. The van der Waals surface area contributed by atoms with Crippen LogP contribution in [0.5, 0.6) is 0 Å². The Labute approximate surface area is 144 Å². The third-order valence-corrected chi connectivity index (χ3v) is 4.47. The summed E-state index contributed by atoms with van der Waals surface area (Å²) in [5.41, 5.74) is 1.03. The number of hydrogen-bond donors (Lipinski definition) is 2. The molecule has 0 aliphatic heterocycles. The number of carbonyl (C=O) groups excluding carboxylic acids is 1. The fraction of sp³-hybridized carbons (Fsp3) is 0.353. The quantitative estimate of drug-likeness (QED) is 0.839. The van der Waals surface area contributed by atoms with Gasteiger partial charge in [0.2, 0.25) is 0 Å². The van der Waals surface area contributed by atoms with Crippen LogP contribution in [0.3, 0.4) is 0 Å². The third kappa shape index (κ3) is 4.51. The first kappa shape index (κ1) is 15.9. The smallest absolute Gasteiger partial charge is 0.275 e. The third-order valence-electron chi connectivity index (χ3n) is 3.94. The molecule has 1 heterocycles. The molecule has 1 aliphatic carbocycles. The number of hydrogen-bond acceptors (Lipinski definition) is 4. The Kier molecular flexibility index (Phi) is 5.23. The van der Waals surface area contributed by atoms with Gasteiger partial charge in [0, 0.05) is 16.2 Å². The van der Waals surface area contributed by atoms with E-state index in [1.54, 1.807) is 6.20 Å². The zero-order valence-electron chi connectivity index (χ0n) is 12.8. The van der Waals surface area contributed by atoms with E-state index in [-0.39, 0.29) is 5.91 Å². The highest BCUT2D eigenvalue weighted by Crippen LogP contribution is 2.20. The molecule has 0 radical (unpaired) electrons. The summed E-state index contributed by atoms with van der Waals surface area (Å²) in [7, 11) is 0. The maximum absolute atomic E-state index is 12.2. The summed E-state index contributed by atoms with van der Waals surface area (Å²) in [5, 5.41) is 6.20. The number of amides is 1. The minimum Gasteiger partial charge on any atom is -0.366 e. The second-order valence-electron chi connectivity index (χ2n) is 5.73. The van der Waals surface area contributed by atoms with Crippen LogP contribution in [0.25, 0.3) is 0 Å². The van der Waals surface area contributed by atoms with Gasteiger partial charge in [-0.05, 0) is 37.1 Å². The Hall–Kier alpha value is -1.95. The van der Waals surface area contributed by atoms with E-state index < -0.39 is 0 Å². The van der Waals surface area contributed by atoms with E-state index in [0.29, 0.717) is 11.7 Å². The van der Waals surface area contributed by atoms with Crippen LogP contribution in [-0.2, 0) is 0 Å². The fourth-order valence-corrected chi connectivity index (χ4v) is 2.97. The van der Waals surface area contributed by atoms with Gasteiger partial charge in [-0.15, -0.1) is 0 Å². The maximum Gasteiger partial charge on any atom is 0.275 e. The molecule has 2 N–H and O–H groups in total. The van der Waals surface area contributed by atoms with Crippen molar-refractivity contribution in [2.45, 2.75) is 38.1 Å². The molecule has 1 aromatic carbocycles. The van der Waals surface area contributed by atoms with Crippen LogP contribution in [0.4, 0.5) is 11.5 Å². The Bertz CT molecular complexity index is 651. The van der Waals surface area contributed by atoms with Crippen molar-refractivity contribution in [1.29, 1.82) is 0 Å². The first-order chi connectivity index (χ1) is 11.2. The number of aromatic nitrogens is 2. The molecular formula is C17H19BrN4O. The lowest BCUT2D eigenvalue weighted by Crippen LogP contribution is -2.23. The van der Waals surface area contributed by atoms with E-state index in [0.717, 1.165) is 16.0 Å². The number of benzene rings is 1. The minimum absolute atomic E-state index is 0.260. The van der Waals surface area contributed by atoms with E-state index in [4.69, 9.17) is 0 Å². The number of halogens is 1. The van der Waals surface area contributed by atoms with E-state index in [9.17, 15) is 4.79 Å². The lowest BCUT2D eigenvalue weighted by Gasteiger charge is -2.23. The molecule has 1 amide bonds. The van der Waals surface area contributed by atoms with Crippen molar-refractivity contribution < 1.29 is 4.79 Å². The highest BCUT2D eigenvalue weighted by atomic mass is 79.9. The predicted octanol–water partition coefficient (Wildman–Crippen LogP) is 4.24. The van der Waals surface area contributed by atoms with Crippen molar-refractivity contribution in [3.8, 4) is 0 Å². The largest absolute Gasteiger partial charge is 0.366 e. The predicted molar refractivity (Wildman–Crippen MR) is 94.6 cm³/mol. The number of carbonyl (C=O) groups is 1. The average Bonchev–Trinajstić information content (AvgIpc) is 2.58. The van der Waals surface area contributed by atoms with E-state index >= 15 is 0 Å². The van der Waals surface area contributed by atoms with Gasteiger partial charge < -0.3 is 10.6 Å². The first-order valence-corrected chi connectivity index (χ1v) is 8.65. The summed E-state index contributed by atoms with van der Waals surface area (Å²) in [6.07, 6.45) is 9.34. The molecule has 23 heavy (non-hydrogen) atoms. The Morgan fingerprint density at radius 1 is 1.04 bits per heavy atom. The van der Waals surface area contributed by atoms with Crippen LogP contribution in [0, 0.1) is 0 Å². The molecule has 1 aromatic heterocycles. The zero-order valence-corrected chi connectivity index (χ0v) is 14.3. The molecule has 0 bridgehead atoms.